The highest BCUT2D eigenvalue weighted by Gasteiger charge is 2.22. The Kier molecular flexibility index (Phi) is 4.16. The highest BCUT2D eigenvalue weighted by Crippen LogP contribution is 2.25. The van der Waals surface area contributed by atoms with E-state index in [9.17, 15) is 0 Å². The van der Waals surface area contributed by atoms with Gasteiger partial charge in [0.15, 0.2) is 0 Å². The fraction of sp³-hybridized carbons (Fsp3) is 0.692. The summed E-state index contributed by atoms with van der Waals surface area (Å²) >= 11 is 0. The van der Waals surface area contributed by atoms with Gasteiger partial charge in [0.1, 0.15) is 17.2 Å². The summed E-state index contributed by atoms with van der Waals surface area (Å²) in [6.45, 7) is 12.3. The van der Waals surface area contributed by atoms with Crippen LogP contribution >= 0.6 is 0 Å². The number of nitrogens with two attached hydrogens (primary N) is 1. The maximum absolute atomic E-state index is 5.88. The van der Waals surface area contributed by atoms with Crippen molar-refractivity contribution in [3.63, 3.8) is 0 Å². The molecule has 0 aliphatic rings. The van der Waals surface area contributed by atoms with Gasteiger partial charge in [-0.3, -0.25) is 0 Å². The van der Waals surface area contributed by atoms with Crippen molar-refractivity contribution in [3.05, 3.63) is 11.9 Å². The summed E-state index contributed by atoms with van der Waals surface area (Å²) in [6.07, 6.45) is 0.896. The number of hydrogen-bond acceptors (Lipinski definition) is 5. The number of nitrogen functional groups attached to an aromatic ring is 1. The minimum absolute atomic E-state index is 0.151. The van der Waals surface area contributed by atoms with E-state index in [1.54, 1.807) is 6.07 Å². The van der Waals surface area contributed by atoms with Crippen molar-refractivity contribution in [1.82, 2.24) is 9.97 Å². The summed E-state index contributed by atoms with van der Waals surface area (Å²) in [6, 6.07) is 1.71. The Labute approximate surface area is 109 Å². The predicted molar refractivity (Wildman–Crippen MR) is 73.5 cm³/mol. The van der Waals surface area contributed by atoms with Crippen molar-refractivity contribution in [2.75, 3.05) is 5.43 Å². The van der Waals surface area contributed by atoms with Crippen molar-refractivity contribution in [2.24, 2.45) is 5.84 Å². The van der Waals surface area contributed by atoms with E-state index in [-0.39, 0.29) is 11.0 Å². The van der Waals surface area contributed by atoms with Crippen molar-refractivity contribution >= 4 is 5.82 Å². The van der Waals surface area contributed by atoms with E-state index < -0.39 is 0 Å². The lowest BCUT2D eigenvalue weighted by Gasteiger charge is -2.25. The number of ether oxygens (including phenoxy) is 1. The molecular formula is C13H24N4O. The maximum atomic E-state index is 5.88. The van der Waals surface area contributed by atoms with Crippen LogP contribution in [0.5, 0.6) is 5.88 Å². The second-order valence-electron chi connectivity index (χ2n) is 6.02. The van der Waals surface area contributed by atoms with Gasteiger partial charge in [0.05, 0.1) is 0 Å². The van der Waals surface area contributed by atoms with Gasteiger partial charge in [0.25, 0.3) is 0 Å². The van der Waals surface area contributed by atoms with Crippen LogP contribution in [0.15, 0.2) is 6.07 Å². The Morgan fingerprint density at radius 2 is 1.83 bits per heavy atom. The summed E-state index contributed by atoms with van der Waals surface area (Å²) in [5, 5.41) is 0. The summed E-state index contributed by atoms with van der Waals surface area (Å²) < 4.78 is 5.88. The molecule has 18 heavy (non-hydrogen) atoms. The van der Waals surface area contributed by atoms with Crippen LogP contribution in [0, 0.1) is 0 Å². The lowest BCUT2D eigenvalue weighted by atomic mass is 9.96. The van der Waals surface area contributed by atoms with E-state index in [4.69, 9.17) is 10.6 Å². The van der Waals surface area contributed by atoms with E-state index in [2.05, 4.69) is 43.1 Å². The molecular weight excluding hydrogens is 228 g/mol. The van der Waals surface area contributed by atoms with E-state index in [1.165, 1.54) is 0 Å². The van der Waals surface area contributed by atoms with Gasteiger partial charge >= 0.3 is 0 Å². The Morgan fingerprint density at radius 1 is 1.22 bits per heavy atom. The van der Waals surface area contributed by atoms with Gasteiger partial charge in [-0.1, -0.05) is 27.7 Å². The first-order valence-corrected chi connectivity index (χ1v) is 6.23. The number of aromatic nitrogens is 2. The number of hydrazine groups is 1. The minimum Gasteiger partial charge on any atom is -0.472 e. The standard InChI is InChI=1S/C13H24N4O/c1-7-13(5,6)18-10-8-9(17-14)15-11(16-10)12(2,3)4/h8H,7,14H2,1-6H3,(H,15,16,17). The van der Waals surface area contributed by atoms with Crippen LogP contribution in [0.3, 0.4) is 0 Å². The molecule has 0 spiro atoms. The molecule has 5 nitrogen and oxygen atoms in total. The van der Waals surface area contributed by atoms with Crippen LogP contribution in [-0.4, -0.2) is 15.6 Å². The molecule has 1 aromatic rings. The van der Waals surface area contributed by atoms with Gasteiger partial charge in [-0.15, -0.1) is 0 Å². The Morgan fingerprint density at radius 3 is 2.28 bits per heavy atom. The normalized spacial score (nSPS) is 12.4. The largest absolute Gasteiger partial charge is 0.472 e. The van der Waals surface area contributed by atoms with Crippen molar-refractivity contribution in [2.45, 2.75) is 59.0 Å². The third-order valence-corrected chi connectivity index (χ3v) is 2.75. The number of hydrogen-bond donors (Lipinski definition) is 2. The van der Waals surface area contributed by atoms with Gasteiger partial charge in [-0.05, 0) is 20.3 Å². The minimum atomic E-state index is -0.255. The average Bonchev–Trinajstić information content (AvgIpc) is 2.27. The van der Waals surface area contributed by atoms with Crippen LogP contribution in [0.1, 0.15) is 53.8 Å². The molecule has 0 fully saturated rings. The van der Waals surface area contributed by atoms with Crippen LogP contribution in [0.2, 0.25) is 0 Å². The molecule has 0 aliphatic carbocycles. The smallest absolute Gasteiger partial charge is 0.219 e. The molecule has 0 aromatic carbocycles. The third kappa shape index (κ3) is 3.84. The van der Waals surface area contributed by atoms with Gasteiger partial charge in [0.2, 0.25) is 5.88 Å². The molecule has 0 unspecified atom stereocenters. The fourth-order valence-corrected chi connectivity index (χ4v) is 1.24. The third-order valence-electron chi connectivity index (χ3n) is 2.75. The first-order chi connectivity index (χ1) is 8.18. The van der Waals surface area contributed by atoms with Gasteiger partial charge in [-0.25, -0.2) is 10.8 Å². The summed E-state index contributed by atoms with van der Waals surface area (Å²) in [5.41, 5.74) is 2.15. The zero-order valence-electron chi connectivity index (χ0n) is 12.2. The summed E-state index contributed by atoms with van der Waals surface area (Å²) in [4.78, 5) is 8.81. The second-order valence-corrected chi connectivity index (χ2v) is 6.02. The van der Waals surface area contributed by atoms with Crippen molar-refractivity contribution in [3.8, 4) is 5.88 Å². The topological polar surface area (TPSA) is 73.1 Å². The van der Waals surface area contributed by atoms with Gasteiger partial charge in [-0.2, -0.15) is 4.98 Å². The molecule has 0 saturated carbocycles. The predicted octanol–water partition coefficient (Wildman–Crippen LogP) is 2.63. The van der Waals surface area contributed by atoms with E-state index in [0.717, 1.165) is 6.42 Å². The first kappa shape index (κ1) is 14.7. The molecule has 3 N–H and O–H groups in total. The Hall–Kier alpha value is -1.36. The molecule has 1 heterocycles. The van der Waals surface area contributed by atoms with E-state index in [0.29, 0.717) is 17.5 Å². The van der Waals surface area contributed by atoms with E-state index in [1.807, 2.05) is 13.8 Å². The Bertz CT molecular complexity index is 410. The molecule has 102 valence electrons. The highest BCUT2D eigenvalue weighted by atomic mass is 16.5. The molecule has 0 atom stereocenters. The number of anilines is 1. The first-order valence-electron chi connectivity index (χ1n) is 6.23. The van der Waals surface area contributed by atoms with E-state index >= 15 is 0 Å². The number of rotatable bonds is 4. The lowest BCUT2D eigenvalue weighted by Crippen LogP contribution is -2.28. The van der Waals surface area contributed by atoms with Crippen LogP contribution < -0.4 is 16.0 Å². The molecule has 0 bridgehead atoms. The fourth-order valence-electron chi connectivity index (χ4n) is 1.24. The molecule has 0 amide bonds. The van der Waals surface area contributed by atoms with Crippen LogP contribution in [-0.2, 0) is 5.41 Å². The number of nitrogens with zero attached hydrogens (tertiary/aromatic N) is 2. The highest BCUT2D eigenvalue weighted by molar-refractivity contribution is 5.38. The van der Waals surface area contributed by atoms with Crippen molar-refractivity contribution in [1.29, 1.82) is 0 Å². The zero-order chi connectivity index (χ0) is 14.0. The summed E-state index contributed by atoms with van der Waals surface area (Å²) in [5.74, 6) is 7.26. The molecule has 0 radical (unpaired) electrons. The lowest BCUT2D eigenvalue weighted by molar-refractivity contribution is 0.0982. The summed E-state index contributed by atoms with van der Waals surface area (Å²) in [7, 11) is 0. The van der Waals surface area contributed by atoms with Crippen LogP contribution in [0.25, 0.3) is 0 Å². The van der Waals surface area contributed by atoms with Gasteiger partial charge in [0, 0.05) is 11.5 Å². The van der Waals surface area contributed by atoms with Crippen molar-refractivity contribution < 1.29 is 4.74 Å². The monoisotopic (exact) mass is 252 g/mol. The zero-order valence-corrected chi connectivity index (χ0v) is 12.2. The molecule has 0 saturated heterocycles. The molecule has 1 rings (SSSR count). The molecule has 1 aromatic heterocycles. The number of nitrogens with one attached hydrogen (secondary N) is 1. The quantitative estimate of drug-likeness (QED) is 0.636. The SMILES string of the molecule is CCC(C)(C)Oc1cc(NN)nc(C(C)(C)C)n1. The molecule has 5 heteroatoms. The maximum Gasteiger partial charge on any atom is 0.219 e. The Balaban J connectivity index is 3.13. The van der Waals surface area contributed by atoms with Gasteiger partial charge < -0.3 is 10.2 Å². The second kappa shape index (κ2) is 5.10. The average molecular weight is 252 g/mol. The van der Waals surface area contributed by atoms with Crippen LogP contribution in [0.4, 0.5) is 5.82 Å². The molecule has 0 aliphatic heterocycles.